The van der Waals surface area contributed by atoms with Crippen LogP contribution >= 0.6 is 12.4 Å². The highest BCUT2D eigenvalue weighted by Gasteiger charge is 2.29. The number of benzene rings is 1. The molecule has 0 aromatic heterocycles. The third kappa shape index (κ3) is 5.47. The van der Waals surface area contributed by atoms with E-state index in [1.165, 1.54) is 6.07 Å². The van der Waals surface area contributed by atoms with E-state index in [0.29, 0.717) is 18.9 Å². The molecule has 0 saturated carbocycles. The number of fused-ring (bicyclic) bond motifs is 1. The quantitative estimate of drug-likeness (QED) is 0.738. The summed E-state index contributed by atoms with van der Waals surface area (Å²) in [6.45, 7) is 2.84. The Morgan fingerprint density at radius 2 is 2.04 bits per heavy atom. The summed E-state index contributed by atoms with van der Waals surface area (Å²) in [6.07, 6.45) is 6.24. The third-order valence-corrected chi connectivity index (χ3v) is 4.58. The Labute approximate surface area is 144 Å². The van der Waals surface area contributed by atoms with Gasteiger partial charge in [-0.25, -0.2) is 4.39 Å². The monoisotopic (exact) mass is 342 g/mol. The summed E-state index contributed by atoms with van der Waals surface area (Å²) in [5, 5.41) is 3.11. The Morgan fingerprint density at radius 3 is 2.78 bits per heavy atom. The Morgan fingerprint density at radius 1 is 1.30 bits per heavy atom. The lowest BCUT2D eigenvalue weighted by Gasteiger charge is -2.32. The Bertz CT molecular complexity index is 510. The van der Waals surface area contributed by atoms with Crippen molar-refractivity contribution in [2.45, 2.75) is 57.9 Å². The molecular formula is C18H28ClFN2O. The van der Waals surface area contributed by atoms with Gasteiger partial charge in [0.2, 0.25) is 5.91 Å². The molecule has 0 radical (unpaired) electrons. The first-order valence-electron chi connectivity index (χ1n) is 8.40. The zero-order valence-corrected chi connectivity index (χ0v) is 14.6. The molecule has 0 saturated heterocycles. The standard InChI is InChI=1S/C18H27FN2O.ClH/c1-13-10-11-14-15(7-6-8-16(14)19)18(13)21-17(22)9-4-2-3-5-12-20;/h6-8,13,18H,2-5,9-12,20H2,1H3,(H,21,22);1H. The molecule has 2 unspecified atom stereocenters. The van der Waals surface area contributed by atoms with Crippen molar-refractivity contribution in [3.05, 3.63) is 35.1 Å². The van der Waals surface area contributed by atoms with E-state index < -0.39 is 0 Å². The third-order valence-electron chi connectivity index (χ3n) is 4.58. The van der Waals surface area contributed by atoms with E-state index >= 15 is 0 Å². The van der Waals surface area contributed by atoms with Crippen LogP contribution in [0.5, 0.6) is 0 Å². The minimum absolute atomic E-state index is 0. The second-order valence-corrected chi connectivity index (χ2v) is 6.32. The molecule has 1 aliphatic rings. The number of hydrogen-bond acceptors (Lipinski definition) is 2. The first kappa shape index (κ1) is 19.9. The molecule has 5 heteroatoms. The zero-order chi connectivity index (χ0) is 15.9. The predicted octanol–water partition coefficient (Wildman–Crippen LogP) is 3.90. The molecule has 0 heterocycles. The van der Waals surface area contributed by atoms with Gasteiger partial charge < -0.3 is 11.1 Å². The van der Waals surface area contributed by atoms with Crippen LogP contribution in [0, 0.1) is 11.7 Å². The first-order valence-corrected chi connectivity index (χ1v) is 8.40. The molecule has 2 rings (SSSR count). The molecule has 23 heavy (non-hydrogen) atoms. The summed E-state index contributed by atoms with van der Waals surface area (Å²) in [5.41, 5.74) is 7.18. The summed E-state index contributed by atoms with van der Waals surface area (Å²) >= 11 is 0. The van der Waals surface area contributed by atoms with E-state index in [9.17, 15) is 9.18 Å². The molecule has 3 N–H and O–H groups in total. The smallest absolute Gasteiger partial charge is 0.220 e. The molecular weight excluding hydrogens is 315 g/mol. The molecule has 3 nitrogen and oxygen atoms in total. The first-order chi connectivity index (χ1) is 10.6. The molecule has 130 valence electrons. The number of hydrogen-bond donors (Lipinski definition) is 2. The Balaban J connectivity index is 0.00000264. The maximum atomic E-state index is 13.9. The van der Waals surface area contributed by atoms with Gasteiger partial charge in [-0.3, -0.25) is 4.79 Å². The maximum absolute atomic E-state index is 13.9. The van der Waals surface area contributed by atoms with Crippen LogP contribution in [-0.4, -0.2) is 12.5 Å². The van der Waals surface area contributed by atoms with Gasteiger partial charge >= 0.3 is 0 Å². The maximum Gasteiger partial charge on any atom is 0.220 e. The van der Waals surface area contributed by atoms with Crippen LogP contribution in [-0.2, 0) is 11.2 Å². The fraction of sp³-hybridized carbons (Fsp3) is 0.611. The van der Waals surface area contributed by atoms with Crippen LogP contribution in [0.25, 0.3) is 0 Å². The molecule has 0 spiro atoms. The molecule has 1 aromatic rings. The summed E-state index contributed by atoms with van der Waals surface area (Å²) in [4.78, 5) is 12.2. The number of halogens is 2. The fourth-order valence-electron chi connectivity index (χ4n) is 3.22. The van der Waals surface area contributed by atoms with Gasteiger partial charge in [-0.2, -0.15) is 0 Å². The van der Waals surface area contributed by atoms with Crippen LogP contribution in [0.4, 0.5) is 4.39 Å². The molecule has 0 bridgehead atoms. The van der Waals surface area contributed by atoms with Gasteiger partial charge in [0.25, 0.3) is 0 Å². The van der Waals surface area contributed by atoms with Crippen LogP contribution in [0.1, 0.15) is 62.6 Å². The van der Waals surface area contributed by atoms with Crippen molar-refractivity contribution in [1.29, 1.82) is 0 Å². The van der Waals surface area contributed by atoms with Crippen molar-refractivity contribution in [2.24, 2.45) is 11.7 Å². The number of nitrogens with two attached hydrogens (primary N) is 1. The topological polar surface area (TPSA) is 55.1 Å². The highest BCUT2D eigenvalue weighted by molar-refractivity contribution is 5.85. The van der Waals surface area contributed by atoms with Crippen LogP contribution in [0.3, 0.4) is 0 Å². The van der Waals surface area contributed by atoms with Crippen molar-refractivity contribution < 1.29 is 9.18 Å². The summed E-state index contributed by atoms with van der Waals surface area (Å²) in [6, 6.07) is 5.12. The van der Waals surface area contributed by atoms with E-state index in [1.54, 1.807) is 6.07 Å². The number of rotatable bonds is 7. The number of nitrogens with one attached hydrogen (secondary N) is 1. The summed E-state index contributed by atoms with van der Waals surface area (Å²) in [5.74, 6) is 0.266. The Kier molecular flexibility index (Phi) is 8.56. The lowest BCUT2D eigenvalue weighted by molar-refractivity contribution is -0.122. The van der Waals surface area contributed by atoms with E-state index in [1.807, 2.05) is 6.07 Å². The van der Waals surface area contributed by atoms with Crippen molar-refractivity contribution in [2.75, 3.05) is 6.54 Å². The van der Waals surface area contributed by atoms with Crippen molar-refractivity contribution >= 4 is 18.3 Å². The van der Waals surface area contributed by atoms with Gasteiger partial charge in [-0.05, 0) is 55.3 Å². The second-order valence-electron chi connectivity index (χ2n) is 6.32. The van der Waals surface area contributed by atoms with E-state index in [0.717, 1.165) is 49.7 Å². The van der Waals surface area contributed by atoms with Crippen molar-refractivity contribution in [1.82, 2.24) is 5.32 Å². The van der Waals surface area contributed by atoms with Gasteiger partial charge in [0, 0.05) is 6.42 Å². The minimum Gasteiger partial charge on any atom is -0.349 e. The molecule has 1 amide bonds. The van der Waals surface area contributed by atoms with Crippen molar-refractivity contribution in [3.63, 3.8) is 0 Å². The molecule has 1 aromatic carbocycles. The predicted molar refractivity (Wildman–Crippen MR) is 94.2 cm³/mol. The Hall–Kier alpha value is -1.13. The normalized spacial score (nSPS) is 19.6. The van der Waals surface area contributed by atoms with Gasteiger partial charge in [0.15, 0.2) is 0 Å². The number of amides is 1. The number of carbonyl (C=O) groups is 1. The fourth-order valence-corrected chi connectivity index (χ4v) is 3.22. The van der Waals surface area contributed by atoms with E-state index in [-0.39, 0.29) is 30.2 Å². The number of carbonyl (C=O) groups excluding carboxylic acids is 1. The van der Waals surface area contributed by atoms with Gasteiger partial charge in [0.05, 0.1) is 6.04 Å². The second kappa shape index (κ2) is 9.89. The van der Waals surface area contributed by atoms with Gasteiger partial charge in [0.1, 0.15) is 5.82 Å². The van der Waals surface area contributed by atoms with Gasteiger partial charge in [-0.1, -0.05) is 31.9 Å². The molecule has 2 atom stereocenters. The highest BCUT2D eigenvalue weighted by Crippen LogP contribution is 2.35. The lowest BCUT2D eigenvalue weighted by atomic mass is 9.80. The minimum atomic E-state index is -0.148. The summed E-state index contributed by atoms with van der Waals surface area (Å²) < 4.78 is 13.9. The lowest BCUT2D eigenvalue weighted by Crippen LogP contribution is -2.35. The molecule has 1 aliphatic carbocycles. The van der Waals surface area contributed by atoms with Gasteiger partial charge in [-0.15, -0.1) is 12.4 Å². The van der Waals surface area contributed by atoms with E-state index in [2.05, 4.69) is 12.2 Å². The zero-order valence-electron chi connectivity index (χ0n) is 13.8. The molecule has 0 fully saturated rings. The van der Waals surface area contributed by atoms with E-state index in [4.69, 9.17) is 5.73 Å². The SMILES string of the molecule is CC1CCc2c(F)cccc2C1NC(=O)CCCCCCN.Cl. The average molecular weight is 343 g/mol. The van der Waals surface area contributed by atoms with Crippen LogP contribution in [0.15, 0.2) is 18.2 Å². The molecule has 0 aliphatic heterocycles. The highest BCUT2D eigenvalue weighted by atomic mass is 35.5. The van der Waals surface area contributed by atoms with Crippen LogP contribution < -0.4 is 11.1 Å². The average Bonchev–Trinajstić information content (AvgIpc) is 2.50. The summed E-state index contributed by atoms with van der Waals surface area (Å²) in [7, 11) is 0. The number of unbranched alkanes of at least 4 members (excludes halogenated alkanes) is 3. The van der Waals surface area contributed by atoms with Crippen LogP contribution in [0.2, 0.25) is 0 Å². The largest absolute Gasteiger partial charge is 0.349 e. The van der Waals surface area contributed by atoms with Crippen molar-refractivity contribution in [3.8, 4) is 0 Å².